The van der Waals surface area contributed by atoms with Gasteiger partial charge in [0.25, 0.3) is 10.2 Å². The van der Waals surface area contributed by atoms with Crippen molar-refractivity contribution >= 4 is 10.2 Å². The molecule has 96 valence electrons. The smallest absolute Gasteiger partial charge is 0.279 e. The third-order valence-corrected chi connectivity index (χ3v) is 4.34. The van der Waals surface area contributed by atoms with Crippen molar-refractivity contribution in [3.05, 3.63) is 0 Å². The summed E-state index contributed by atoms with van der Waals surface area (Å²) in [7, 11) is 1.71. The summed E-state index contributed by atoms with van der Waals surface area (Å²) in [5, 5.41) is 3.09. The Kier molecular flexibility index (Phi) is 5.13. The minimum absolute atomic E-state index is 0.0456. The molecule has 1 fully saturated rings. The van der Waals surface area contributed by atoms with Gasteiger partial charge >= 0.3 is 0 Å². The highest BCUT2D eigenvalue weighted by Crippen LogP contribution is 2.09. The molecule has 0 aliphatic carbocycles. The highest BCUT2D eigenvalue weighted by Gasteiger charge is 2.26. The Hall–Kier alpha value is -0.210. The fourth-order valence-corrected chi connectivity index (χ4v) is 2.54. The minimum atomic E-state index is -3.28. The maximum absolute atomic E-state index is 11.6. The van der Waals surface area contributed by atoms with Gasteiger partial charge in [0.2, 0.25) is 0 Å². The summed E-state index contributed by atoms with van der Waals surface area (Å²) in [4.78, 5) is 2.26. The summed E-state index contributed by atoms with van der Waals surface area (Å²) in [6.45, 7) is 3.67. The lowest BCUT2D eigenvalue weighted by Crippen LogP contribution is -2.43. The molecule has 2 N–H and O–H groups in total. The maximum Gasteiger partial charge on any atom is 0.279 e. The molecule has 1 saturated heterocycles. The van der Waals surface area contributed by atoms with E-state index in [0.29, 0.717) is 0 Å². The second-order valence-electron chi connectivity index (χ2n) is 4.30. The molecule has 1 rings (SSSR count). The van der Waals surface area contributed by atoms with Crippen LogP contribution in [0.15, 0.2) is 0 Å². The van der Waals surface area contributed by atoms with Crippen LogP contribution in [0.5, 0.6) is 0 Å². The summed E-state index contributed by atoms with van der Waals surface area (Å²) in [6.07, 6.45) is 0.886. The first-order valence-corrected chi connectivity index (χ1v) is 6.96. The normalized spacial score (nSPS) is 23.1. The van der Waals surface area contributed by atoms with Crippen LogP contribution in [-0.4, -0.2) is 71.0 Å². The van der Waals surface area contributed by atoms with Crippen LogP contribution in [0.25, 0.3) is 0 Å². The van der Waals surface area contributed by atoms with Crippen molar-refractivity contribution in [2.45, 2.75) is 12.5 Å². The van der Waals surface area contributed by atoms with Crippen molar-refractivity contribution in [3.63, 3.8) is 0 Å². The Morgan fingerprint density at radius 2 is 2.12 bits per heavy atom. The number of nitrogens with zero attached hydrogens (tertiary/aromatic N) is 2. The standard InChI is InChI=1S/C9H22N4O2S/c1-10-5-7-13-6-4-9(8-13)11-16(14,15)12(2)3/h9-11H,4-8H2,1-3H3/t9-/m1/s1. The number of hydrogen-bond acceptors (Lipinski definition) is 4. The lowest BCUT2D eigenvalue weighted by molar-refractivity contribution is 0.332. The SMILES string of the molecule is CNCCN1CC[C@@H](NS(=O)(=O)N(C)C)C1. The lowest BCUT2D eigenvalue weighted by atomic mass is 10.3. The van der Waals surface area contributed by atoms with Crippen LogP contribution in [0, 0.1) is 0 Å². The number of rotatable bonds is 6. The van der Waals surface area contributed by atoms with Gasteiger partial charge in [-0.15, -0.1) is 0 Å². The zero-order valence-electron chi connectivity index (χ0n) is 10.2. The van der Waals surface area contributed by atoms with Gasteiger partial charge in [-0.2, -0.15) is 17.4 Å². The molecule has 0 aromatic heterocycles. The summed E-state index contributed by atoms with van der Waals surface area (Å²) < 4.78 is 27.1. The van der Waals surface area contributed by atoms with E-state index in [0.717, 1.165) is 32.6 Å². The summed E-state index contributed by atoms with van der Waals surface area (Å²) >= 11 is 0. The van der Waals surface area contributed by atoms with E-state index in [1.54, 1.807) is 0 Å². The summed E-state index contributed by atoms with van der Waals surface area (Å²) in [5.74, 6) is 0. The molecule has 0 saturated carbocycles. The van der Waals surface area contributed by atoms with Gasteiger partial charge < -0.3 is 10.2 Å². The zero-order chi connectivity index (χ0) is 12.2. The number of likely N-dealkylation sites (N-methyl/N-ethyl adjacent to an activating group) is 1. The van der Waals surface area contributed by atoms with Crippen LogP contribution in [0.2, 0.25) is 0 Å². The van der Waals surface area contributed by atoms with E-state index < -0.39 is 10.2 Å². The van der Waals surface area contributed by atoms with Gasteiger partial charge in [0.1, 0.15) is 0 Å². The highest BCUT2D eigenvalue weighted by atomic mass is 32.2. The van der Waals surface area contributed by atoms with Crippen LogP contribution in [-0.2, 0) is 10.2 Å². The molecule has 0 spiro atoms. The second-order valence-corrected chi connectivity index (χ2v) is 6.21. The predicted molar refractivity (Wildman–Crippen MR) is 64.5 cm³/mol. The van der Waals surface area contributed by atoms with E-state index in [9.17, 15) is 8.42 Å². The molecule has 0 bridgehead atoms. The highest BCUT2D eigenvalue weighted by molar-refractivity contribution is 7.87. The first-order valence-electron chi connectivity index (χ1n) is 5.52. The molecular formula is C9H22N4O2S. The average Bonchev–Trinajstić information content (AvgIpc) is 2.61. The molecule has 1 heterocycles. The third kappa shape index (κ3) is 3.99. The Labute approximate surface area is 98.2 Å². The van der Waals surface area contributed by atoms with Gasteiger partial charge in [0.15, 0.2) is 0 Å². The van der Waals surface area contributed by atoms with Gasteiger partial charge in [0, 0.05) is 39.8 Å². The number of likely N-dealkylation sites (tertiary alicyclic amines) is 1. The number of hydrogen-bond donors (Lipinski definition) is 2. The van der Waals surface area contributed by atoms with Crippen molar-refractivity contribution in [1.29, 1.82) is 0 Å². The topological polar surface area (TPSA) is 64.7 Å². The van der Waals surface area contributed by atoms with Gasteiger partial charge in [-0.05, 0) is 20.0 Å². The Balaban J connectivity index is 2.37. The van der Waals surface area contributed by atoms with Crippen molar-refractivity contribution < 1.29 is 8.42 Å². The van der Waals surface area contributed by atoms with Gasteiger partial charge in [-0.1, -0.05) is 0 Å². The predicted octanol–water partition coefficient (Wildman–Crippen LogP) is -1.32. The van der Waals surface area contributed by atoms with Gasteiger partial charge in [-0.3, -0.25) is 0 Å². The molecule has 1 aliphatic rings. The number of nitrogens with one attached hydrogen (secondary N) is 2. The van der Waals surface area contributed by atoms with Gasteiger partial charge in [0.05, 0.1) is 0 Å². The molecule has 0 amide bonds. The molecule has 1 atom stereocenters. The fraction of sp³-hybridized carbons (Fsp3) is 1.00. The molecular weight excluding hydrogens is 228 g/mol. The van der Waals surface area contributed by atoms with Gasteiger partial charge in [-0.25, -0.2) is 0 Å². The molecule has 0 aromatic rings. The van der Waals surface area contributed by atoms with E-state index in [2.05, 4.69) is 14.9 Å². The molecule has 16 heavy (non-hydrogen) atoms. The fourth-order valence-electron chi connectivity index (χ4n) is 1.72. The Morgan fingerprint density at radius 1 is 1.44 bits per heavy atom. The van der Waals surface area contributed by atoms with Crippen LogP contribution >= 0.6 is 0 Å². The largest absolute Gasteiger partial charge is 0.318 e. The summed E-state index contributed by atoms with van der Waals surface area (Å²) in [6, 6.07) is 0.0456. The second kappa shape index (κ2) is 5.92. The van der Waals surface area contributed by atoms with Crippen molar-refractivity contribution in [2.75, 3.05) is 47.3 Å². The summed E-state index contributed by atoms with van der Waals surface area (Å²) in [5.41, 5.74) is 0. The zero-order valence-corrected chi connectivity index (χ0v) is 11.0. The van der Waals surface area contributed by atoms with Crippen molar-refractivity contribution in [2.24, 2.45) is 0 Å². The van der Waals surface area contributed by atoms with E-state index in [1.807, 2.05) is 7.05 Å². The quantitative estimate of drug-likeness (QED) is 0.613. The molecule has 6 nitrogen and oxygen atoms in total. The average molecular weight is 250 g/mol. The Bertz CT molecular complexity index is 305. The Morgan fingerprint density at radius 3 is 2.69 bits per heavy atom. The molecule has 0 unspecified atom stereocenters. The maximum atomic E-state index is 11.6. The monoisotopic (exact) mass is 250 g/mol. The van der Waals surface area contributed by atoms with E-state index >= 15 is 0 Å². The van der Waals surface area contributed by atoms with Crippen molar-refractivity contribution in [3.8, 4) is 0 Å². The first-order chi connectivity index (χ1) is 7.45. The molecule has 7 heteroatoms. The minimum Gasteiger partial charge on any atom is -0.318 e. The molecule has 1 aliphatic heterocycles. The first kappa shape index (κ1) is 13.9. The van der Waals surface area contributed by atoms with Crippen LogP contribution in [0.3, 0.4) is 0 Å². The van der Waals surface area contributed by atoms with E-state index in [4.69, 9.17) is 0 Å². The lowest BCUT2D eigenvalue weighted by Gasteiger charge is -2.18. The van der Waals surface area contributed by atoms with Crippen LogP contribution in [0.4, 0.5) is 0 Å². The van der Waals surface area contributed by atoms with Crippen molar-refractivity contribution in [1.82, 2.24) is 19.2 Å². The third-order valence-electron chi connectivity index (χ3n) is 2.75. The van der Waals surface area contributed by atoms with Crippen LogP contribution in [0.1, 0.15) is 6.42 Å². The van der Waals surface area contributed by atoms with Crippen LogP contribution < -0.4 is 10.0 Å². The molecule has 0 aromatic carbocycles. The van der Waals surface area contributed by atoms with E-state index in [1.165, 1.54) is 18.4 Å². The molecule has 0 radical (unpaired) electrons. The van der Waals surface area contributed by atoms with E-state index in [-0.39, 0.29) is 6.04 Å².